The maximum Gasteiger partial charge on any atom is 0.344 e. The summed E-state index contributed by atoms with van der Waals surface area (Å²) in [7, 11) is 3.84. The highest BCUT2D eigenvalue weighted by Crippen LogP contribution is 2.36. The van der Waals surface area contributed by atoms with Crippen LogP contribution in [0.1, 0.15) is 22.8 Å². The van der Waals surface area contributed by atoms with Crippen molar-refractivity contribution >= 4 is 28.6 Å². The lowest BCUT2D eigenvalue weighted by molar-refractivity contribution is -0.459. The highest BCUT2D eigenvalue weighted by Gasteiger charge is 2.23. The number of hydrogen-bond donors (Lipinski definition) is 1. The molecule has 0 aliphatic rings. The van der Waals surface area contributed by atoms with Crippen molar-refractivity contribution in [1.29, 1.82) is 0 Å². The van der Waals surface area contributed by atoms with E-state index in [0.717, 1.165) is 16.1 Å². The molecule has 0 amide bonds. The van der Waals surface area contributed by atoms with E-state index in [-0.39, 0.29) is 5.97 Å². The number of hydrogen-bond acceptors (Lipinski definition) is 3. The van der Waals surface area contributed by atoms with Crippen molar-refractivity contribution in [1.82, 2.24) is 0 Å². The standard InChI is InChI=1S/C17H20N2O2S/c1-5-21-17(20)15-14(13-8-6-12(2)7-9-13)10-22-16(15)18-11-19(3)4/h6-11H,5H2,1-4H3/p+1. The molecule has 116 valence electrons. The van der Waals surface area contributed by atoms with Crippen LogP contribution < -0.4 is 5.32 Å². The van der Waals surface area contributed by atoms with Gasteiger partial charge in [0.1, 0.15) is 5.56 Å². The summed E-state index contributed by atoms with van der Waals surface area (Å²) in [6, 6.07) is 8.14. The number of aryl methyl sites for hydroxylation is 1. The lowest BCUT2D eigenvalue weighted by Gasteiger charge is -2.06. The summed E-state index contributed by atoms with van der Waals surface area (Å²) in [4.78, 5) is 12.3. The maximum absolute atomic E-state index is 12.3. The van der Waals surface area contributed by atoms with E-state index < -0.39 is 0 Å². The van der Waals surface area contributed by atoms with E-state index in [1.54, 1.807) is 0 Å². The van der Waals surface area contributed by atoms with Crippen molar-refractivity contribution in [2.24, 2.45) is 0 Å². The Hall–Kier alpha value is -2.14. The van der Waals surface area contributed by atoms with Crippen LogP contribution in [0.3, 0.4) is 0 Å². The fraction of sp³-hybridized carbons (Fsp3) is 0.294. The number of ether oxygens (including phenoxy) is 1. The fourth-order valence-electron chi connectivity index (χ4n) is 2.00. The van der Waals surface area contributed by atoms with Gasteiger partial charge < -0.3 is 4.74 Å². The van der Waals surface area contributed by atoms with E-state index in [9.17, 15) is 4.79 Å². The van der Waals surface area contributed by atoms with Crippen LogP contribution in [0.2, 0.25) is 0 Å². The summed E-state index contributed by atoms with van der Waals surface area (Å²) in [5.41, 5.74) is 3.70. The number of nitrogens with one attached hydrogen (secondary N) is 1. The number of anilines is 1. The van der Waals surface area contributed by atoms with Gasteiger partial charge in [-0.05, 0) is 19.4 Å². The van der Waals surface area contributed by atoms with Crippen LogP contribution in [0, 0.1) is 6.92 Å². The number of benzene rings is 1. The number of carbonyl (C=O) groups is 1. The molecule has 1 aromatic heterocycles. The zero-order valence-corrected chi connectivity index (χ0v) is 14.2. The molecule has 5 heteroatoms. The van der Waals surface area contributed by atoms with Crippen LogP contribution in [-0.4, -0.2) is 37.6 Å². The van der Waals surface area contributed by atoms with E-state index in [2.05, 4.69) is 5.32 Å². The second kappa shape index (κ2) is 7.22. The predicted octanol–water partition coefficient (Wildman–Crippen LogP) is 3.61. The molecule has 2 rings (SSSR count). The molecule has 0 aliphatic heterocycles. The minimum atomic E-state index is -0.297. The third kappa shape index (κ3) is 3.74. The Morgan fingerprint density at radius 1 is 1.32 bits per heavy atom. The molecule has 0 bridgehead atoms. The normalized spacial score (nSPS) is 10.2. The lowest BCUT2D eigenvalue weighted by Crippen LogP contribution is -2.11. The number of rotatable bonds is 5. The number of thiophene rings is 1. The Morgan fingerprint density at radius 3 is 2.59 bits per heavy atom. The smallest absolute Gasteiger partial charge is 0.344 e. The Bertz CT molecular complexity index is 683. The van der Waals surface area contributed by atoms with Crippen molar-refractivity contribution in [2.75, 3.05) is 26.0 Å². The molecular formula is C17H21N2O2S+. The zero-order valence-electron chi connectivity index (χ0n) is 13.3. The van der Waals surface area contributed by atoms with Gasteiger partial charge >= 0.3 is 5.97 Å². The molecule has 0 saturated carbocycles. The number of carbonyl (C=O) groups excluding carboxylic acids is 1. The van der Waals surface area contributed by atoms with Crippen molar-refractivity contribution in [3.63, 3.8) is 0 Å². The molecule has 0 radical (unpaired) electrons. The molecule has 0 atom stereocenters. The molecule has 0 aliphatic carbocycles. The first-order valence-corrected chi connectivity index (χ1v) is 8.02. The summed E-state index contributed by atoms with van der Waals surface area (Å²) in [6.45, 7) is 4.22. The largest absolute Gasteiger partial charge is 0.462 e. The topological polar surface area (TPSA) is 41.3 Å². The zero-order chi connectivity index (χ0) is 16.1. The summed E-state index contributed by atoms with van der Waals surface area (Å²) >= 11 is 1.50. The minimum Gasteiger partial charge on any atom is -0.462 e. The van der Waals surface area contributed by atoms with Gasteiger partial charge in [0.15, 0.2) is 5.00 Å². The first kappa shape index (κ1) is 16.2. The molecule has 1 heterocycles. The van der Waals surface area contributed by atoms with E-state index in [0.29, 0.717) is 12.2 Å². The molecule has 0 fully saturated rings. The van der Waals surface area contributed by atoms with Crippen LogP contribution in [-0.2, 0) is 4.74 Å². The Kier molecular flexibility index (Phi) is 5.33. The van der Waals surface area contributed by atoms with Gasteiger partial charge in [-0.1, -0.05) is 29.8 Å². The van der Waals surface area contributed by atoms with Gasteiger partial charge in [-0.2, -0.15) is 0 Å². The molecule has 1 aromatic carbocycles. The maximum atomic E-state index is 12.3. The van der Waals surface area contributed by atoms with Gasteiger partial charge in [-0.3, -0.25) is 4.58 Å². The highest BCUT2D eigenvalue weighted by molar-refractivity contribution is 7.15. The molecular weight excluding hydrogens is 296 g/mol. The third-order valence-corrected chi connectivity index (χ3v) is 4.00. The Labute approximate surface area is 135 Å². The summed E-state index contributed by atoms with van der Waals surface area (Å²) in [5.74, 6) is -0.297. The minimum absolute atomic E-state index is 0.297. The molecule has 0 saturated heterocycles. The van der Waals surface area contributed by atoms with Crippen molar-refractivity contribution in [3.8, 4) is 11.1 Å². The third-order valence-electron chi connectivity index (χ3n) is 3.09. The lowest BCUT2D eigenvalue weighted by atomic mass is 10.0. The van der Waals surface area contributed by atoms with E-state index in [1.165, 1.54) is 16.9 Å². The van der Waals surface area contributed by atoms with E-state index >= 15 is 0 Å². The quantitative estimate of drug-likeness (QED) is 0.396. The van der Waals surface area contributed by atoms with Crippen LogP contribution in [0.15, 0.2) is 29.6 Å². The number of nitrogens with zero attached hydrogens (tertiary/aromatic N) is 1. The molecule has 1 N–H and O–H groups in total. The van der Waals surface area contributed by atoms with Gasteiger partial charge in [0.05, 0.1) is 20.7 Å². The van der Waals surface area contributed by atoms with Crippen LogP contribution in [0.5, 0.6) is 0 Å². The van der Waals surface area contributed by atoms with Crippen LogP contribution in [0.25, 0.3) is 11.1 Å². The Morgan fingerprint density at radius 2 is 2.00 bits per heavy atom. The van der Waals surface area contributed by atoms with Crippen molar-refractivity contribution in [2.45, 2.75) is 13.8 Å². The molecule has 0 unspecified atom stereocenters. The second-order valence-electron chi connectivity index (χ2n) is 5.18. The van der Waals surface area contributed by atoms with Gasteiger partial charge in [0.2, 0.25) is 6.34 Å². The van der Waals surface area contributed by atoms with Gasteiger partial charge in [-0.25, -0.2) is 10.1 Å². The average molecular weight is 317 g/mol. The van der Waals surface area contributed by atoms with Crippen LogP contribution in [0.4, 0.5) is 5.00 Å². The first-order chi connectivity index (χ1) is 10.5. The van der Waals surface area contributed by atoms with Crippen LogP contribution >= 0.6 is 11.3 Å². The molecule has 2 aromatic rings. The second-order valence-corrected chi connectivity index (χ2v) is 6.06. The Balaban J connectivity index is 2.47. The predicted molar refractivity (Wildman–Crippen MR) is 92.2 cm³/mol. The van der Waals surface area contributed by atoms with Crippen molar-refractivity contribution in [3.05, 3.63) is 40.8 Å². The summed E-state index contributed by atoms with van der Waals surface area (Å²) in [5, 5.41) is 5.96. The van der Waals surface area contributed by atoms with E-state index in [4.69, 9.17) is 4.74 Å². The average Bonchev–Trinajstić information content (AvgIpc) is 2.90. The van der Waals surface area contributed by atoms with Gasteiger partial charge in [0, 0.05) is 10.9 Å². The molecule has 4 nitrogen and oxygen atoms in total. The first-order valence-electron chi connectivity index (χ1n) is 7.15. The molecule has 0 spiro atoms. The van der Waals surface area contributed by atoms with Gasteiger partial charge in [-0.15, -0.1) is 11.3 Å². The molecule has 22 heavy (non-hydrogen) atoms. The highest BCUT2D eigenvalue weighted by atomic mass is 32.1. The van der Waals surface area contributed by atoms with Gasteiger partial charge in [0.25, 0.3) is 0 Å². The van der Waals surface area contributed by atoms with E-state index in [1.807, 2.05) is 68.5 Å². The monoisotopic (exact) mass is 317 g/mol. The fourth-order valence-corrected chi connectivity index (χ4v) is 2.92. The summed E-state index contributed by atoms with van der Waals surface area (Å²) < 4.78 is 7.11. The summed E-state index contributed by atoms with van der Waals surface area (Å²) in [6.07, 6.45) is 1.81. The van der Waals surface area contributed by atoms with Crippen molar-refractivity contribution < 1.29 is 14.1 Å². The number of esters is 1. The SMILES string of the molecule is CCOC(=O)c1c(-c2ccc(C)cc2)csc1NC=[N+](C)C.